The van der Waals surface area contributed by atoms with Crippen LogP contribution in [0.25, 0.3) is 0 Å². The molecule has 0 heterocycles. The normalized spacial score (nSPS) is 10.3. The summed E-state index contributed by atoms with van der Waals surface area (Å²) in [6, 6.07) is 9.46. The van der Waals surface area contributed by atoms with E-state index in [4.69, 9.17) is 9.84 Å². The van der Waals surface area contributed by atoms with Gasteiger partial charge < -0.3 is 15.2 Å². The molecule has 1 aromatic carbocycles. The molecule has 0 fully saturated rings. The molecule has 0 radical (unpaired) electrons. The van der Waals surface area contributed by atoms with Crippen LogP contribution >= 0.6 is 0 Å². The van der Waals surface area contributed by atoms with E-state index in [0.717, 1.165) is 5.75 Å². The van der Waals surface area contributed by atoms with Crippen molar-refractivity contribution in [1.82, 2.24) is 10.2 Å². The van der Waals surface area contributed by atoms with Crippen LogP contribution in [0, 0.1) is 0 Å². The van der Waals surface area contributed by atoms with E-state index in [9.17, 15) is 4.79 Å². The molecule has 2 N–H and O–H groups in total. The number of benzene rings is 1. The van der Waals surface area contributed by atoms with E-state index in [2.05, 4.69) is 11.9 Å². The topological polar surface area (TPSA) is 61.8 Å². The van der Waals surface area contributed by atoms with E-state index < -0.39 is 0 Å². The predicted octanol–water partition coefficient (Wildman–Crippen LogP) is 0.662. The molecule has 1 amide bonds. The molecule has 0 aliphatic rings. The Morgan fingerprint density at radius 3 is 2.80 bits per heavy atom. The first-order chi connectivity index (χ1) is 9.76. The lowest BCUT2D eigenvalue weighted by molar-refractivity contribution is -0.122. The van der Waals surface area contributed by atoms with Gasteiger partial charge in [0.2, 0.25) is 5.91 Å². The first kappa shape index (κ1) is 16.2. The number of aliphatic hydroxyl groups is 1. The van der Waals surface area contributed by atoms with Gasteiger partial charge >= 0.3 is 0 Å². The van der Waals surface area contributed by atoms with Gasteiger partial charge in [0.25, 0.3) is 0 Å². The van der Waals surface area contributed by atoms with Crippen LogP contribution in [0.3, 0.4) is 0 Å². The predicted molar refractivity (Wildman–Crippen MR) is 78.7 cm³/mol. The molecule has 0 saturated carbocycles. The molecule has 0 unspecified atom stereocenters. The molecular weight excluding hydrogens is 256 g/mol. The highest BCUT2D eigenvalue weighted by Gasteiger charge is 2.08. The minimum Gasteiger partial charge on any atom is -0.492 e. The van der Waals surface area contributed by atoms with Gasteiger partial charge in [-0.15, -0.1) is 6.58 Å². The summed E-state index contributed by atoms with van der Waals surface area (Å²) in [5.41, 5.74) is 0. The zero-order chi connectivity index (χ0) is 14.6. The maximum absolute atomic E-state index is 11.7. The average molecular weight is 278 g/mol. The van der Waals surface area contributed by atoms with Gasteiger partial charge in [0.15, 0.2) is 0 Å². The number of para-hydroxylation sites is 1. The molecule has 20 heavy (non-hydrogen) atoms. The highest BCUT2D eigenvalue weighted by Crippen LogP contribution is 2.07. The Kier molecular flexibility index (Phi) is 8.10. The third-order valence-corrected chi connectivity index (χ3v) is 2.61. The molecule has 0 aromatic heterocycles. The molecule has 5 heteroatoms. The fraction of sp³-hybridized carbons (Fsp3) is 0.400. The number of amides is 1. The van der Waals surface area contributed by atoms with E-state index in [1.807, 2.05) is 35.2 Å². The fourth-order valence-corrected chi connectivity index (χ4v) is 1.69. The van der Waals surface area contributed by atoms with Crippen LogP contribution < -0.4 is 10.1 Å². The Balaban J connectivity index is 2.17. The standard InChI is InChI=1S/C15H22N2O3/c1-2-9-17(10-11-18)13-15(19)16-8-12-20-14-6-4-3-5-7-14/h2-7,18H,1,8-13H2,(H,16,19). The Morgan fingerprint density at radius 1 is 1.40 bits per heavy atom. The highest BCUT2D eigenvalue weighted by molar-refractivity contribution is 5.78. The quantitative estimate of drug-likeness (QED) is 0.487. The summed E-state index contributed by atoms with van der Waals surface area (Å²) in [5, 5.41) is 11.7. The van der Waals surface area contributed by atoms with Crippen LogP contribution in [0.1, 0.15) is 0 Å². The van der Waals surface area contributed by atoms with E-state index in [-0.39, 0.29) is 19.1 Å². The maximum Gasteiger partial charge on any atom is 0.234 e. The summed E-state index contributed by atoms with van der Waals surface area (Å²) < 4.78 is 5.47. The van der Waals surface area contributed by atoms with Crippen LogP contribution in [0.2, 0.25) is 0 Å². The molecule has 0 atom stereocenters. The summed E-state index contributed by atoms with van der Waals surface area (Å²) >= 11 is 0. The first-order valence-electron chi connectivity index (χ1n) is 6.65. The molecule has 5 nitrogen and oxygen atoms in total. The third kappa shape index (κ3) is 6.92. The zero-order valence-electron chi connectivity index (χ0n) is 11.6. The fourth-order valence-electron chi connectivity index (χ4n) is 1.69. The summed E-state index contributed by atoms with van der Waals surface area (Å²) in [4.78, 5) is 13.5. The number of nitrogens with zero attached hydrogens (tertiary/aromatic N) is 1. The second-order valence-corrected chi connectivity index (χ2v) is 4.26. The largest absolute Gasteiger partial charge is 0.492 e. The Hall–Kier alpha value is -1.85. The maximum atomic E-state index is 11.7. The molecule has 0 spiro atoms. The third-order valence-electron chi connectivity index (χ3n) is 2.61. The summed E-state index contributed by atoms with van der Waals surface area (Å²) in [7, 11) is 0. The van der Waals surface area contributed by atoms with Gasteiger partial charge in [-0.05, 0) is 12.1 Å². The summed E-state index contributed by atoms with van der Waals surface area (Å²) in [6.07, 6.45) is 1.71. The van der Waals surface area contributed by atoms with Crippen molar-refractivity contribution < 1.29 is 14.6 Å². The van der Waals surface area contributed by atoms with Gasteiger partial charge in [0.05, 0.1) is 19.7 Å². The van der Waals surface area contributed by atoms with Crippen molar-refractivity contribution >= 4 is 5.91 Å². The molecule has 110 valence electrons. The second kappa shape index (κ2) is 10.00. The number of ether oxygens (including phenoxy) is 1. The van der Waals surface area contributed by atoms with Crippen molar-refractivity contribution in [3.63, 3.8) is 0 Å². The van der Waals surface area contributed by atoms with Gasteiger partial charge in [-0.2, -0.15) is 0 Å². The monoisotopic (exact) mass is 278 g/mol. The number of carbonyl (C=O) groups excluding carboxylic acids is 1. The molecule has 1 rings (SSSR count). The SMILES string of the molecule is C=CCN(CCO)CC(=O)NCCOc1ccccc1. The molecule has 0 saturated heterocycles. The lowest BCUT2D eigenvalue weighted by atomic mass is 10.3. The van der Waals surface area contributed by atoms with Crippen molar-refractivity contribution in [2.75, 3.05) is 39.4 Å². The van der Waals surface area contributed by atoms with Crippen molar-refractivity contribution in [2.45, 2.75) is 0 Å². The molecule has 0 bridgehead atoms. The minimum atomic E-state index is -0.0861. The van der Waals surface area contributed by atoms with E-state index in [1.54, 1.807) is 6.08 Å². The van der Waals surface area contributed by atoms with Gasteiger partial charge in [-0.25, -0.2) is 0 Å². The highest BCUT2D eigenvalue weighted by atomic mass is 16.5. The molecular formula is C15H22N2O3. The number of nitrogens with one attached hydrogen (secondary N) is 1. The molecule has 0 aliphatic carbocycles. The Bertz CT molecular complexity index is 395. The van der Waals surface area contributed by atoms with Crippen molar-refractivity contribution in [1.29, 1.82) is 0 Å². The number of rotatable bonds is 10. The van der Waals surface area contributed by atoms with Crippen LogP contribution in [-0.4, -0.2) is 55.3 Å². The van der Waals surface area contributed by atoms with Gasteiger partial charge in [-0.3, -0.25) is 9.69 Å². The van der Waals surface area contributed by atoms with Crippen LogP contribution in [-0.2, 0) is 4.79 Å². The van der Waals surface area contributed by atoms with Crippen molar-refractivity contribution in [3.8, 4) is 5.75 Å². The van der Waals surface area contributed by atoms with Gasteiger partial charge in [0, 0.05) is 13.1 Å². The zero-order valence-corrected chi connectivity index (χ0v) is 11.6. The van der Waals surface area contributed by atoms with Crippen LogP contribution in [0.5, 0.6) is 5.75 Å². The smallest absolute Gasteiger partial charge is 0.234 e. The van der Waals surface area contributed by atoms with Gasteiger partial charge in [0.1, 0.15) is 12.4 Å². The number of aliphatic hydroxyl groups excluding tert-OH is 1. The molecule has 1 aromatic rings. The van der Waals surface area contributed by atoms with E-state index >= 15 is 0 Å². The second-order valence-electron chi connectivity index (χ2n) is 4.26. The minimum absolute atomic E-state index is 0.0260. The molecule has 0 aliphatic heterocycles. The Labute approximate surface area is 119 Å². The number of hydrogen-bond acceptors (Lipinski definition) is 4. The lowest BCUT2D eigenvalue weighted by Gasteiger charge is -2.18. The number of hydrogen-bond donors (Lipinski definition) is 2. The van der Waals surface area contributed by atoms with E-state index in [0.29, 0.717) is 26.2 Å². The van der Waals surface area contributed by atoms with Crippen LogP contribution in [0.15, 0.2) is 43.0 Å². The Morgan fingerprint density at radius 2 is 2.15 bits per heavy atom. The average Bonchev–Trinajstić information content (AvgIpc) is 2.45. The summed E-state index contributed by atoms with van der Waals surface area (Å²) in [6.45, 7) is 5.82. The van der Waals surface area contributed by atoms with Crippen molar-refractivity contribution in [3.05, 3.63) is 43.0 Å². The van der Waals surface area contributed by atoms with Crippen LogP contribution in [0.4, 0.5) is 0 Å². The van der Waals surface area contributed by atoms with Gasteiger partial charge in [-0.1, -0.05) is 24.3 Å². The van der Waals surface area contributed by atoms with E-state index in [1.165, 1.54) is 0 Å². The first-order valence-corrected chi connectivity index (χ1v) is 6.65. The number of carbonyl (C=O) groups is 1. The summed E-state index contributed by atoms with van der Waals surface area (Å²) in [5.74, 6) is 0.701. The van der Waals surface area contributed by atoms with Crippen molar-refractivity contribution in [2.24, 2.45) is 0 Å². The lowest BCUT2D eigenvalue weighted by Crippen LogP contribution is -2.40.